The Bertz CT molecular complexity index is 402. The molecular formula is C14H13BrO2. The molecule has 0 heterocycles. The second-order valence-corrected chi connectivity index (χ2v) is 4.18. The Balaban J connectivity index is 0.000000202. The Morgan fingerprint density at radius 3 is 1.59 bits per heavy atom. The number of carbonyl (C=O) groups is 1. The molecule has 2 rings (SSSR count). The minimum absolute atomic E-state index is 0.594. The molecule has 0 aliphatic rings. The van der Waals surface area contributed by atoms with E-state index >= 15 is 0 Å². The fourth-order valence-electron chi connectivity index (χ4n) is 1.15. The summed E-state index contributed by atoms with van der Waals surface area (Å²) in [7, 11) is 0. The first-order chi connectivity index (χ1) is 8.22. The number of alkyl halides is 1. The van der Waals surface area contributed by atoms with E-state index in [0.717, 1.165) is 5.56 Å². The Hall–Kier alpha value is -1.61. The van der Waals surface area contributed by atoms with E-state index in [-0.39, 0.29) is 0 Å². The predicted octanol–water partition coefficient (Wildman–Crippen LogP) is 3.89. The third-order valence-electron chi connectivity index (χ3n) is 1.98. The standard InChI is InChI=1S/C8H7BrO2.C6H6/c9-7(8(10)11)6-4-2-1-3-5-6;1-2-4-6-5-3-1/h1-5,7H,(H,10,11);1-6H. The van der Waals surface area contributed by atoms with Crippen molar-refractivity contribution in [3.8, 4) is 0 Å². The summed E-state index contributed by atoms with van der Waals surface area (Å²) >= 11 is 3.05. The summed E-state index contributed by atoms with van der Waals surface area (Å²) in [5, 5.41) is 8.59. The van der Waals surface area contributed by atoms with Crippen LogP contribution in [0.4, 0.5) is 0 Å². The van der Waals surface area contributed by atoms with E-state index in [1.807, 2.05) is 54.6 Å². The van der Waals surface area contributed by atoms with Crippen LogP contribution in [0.15, 0.2) is 66.7 Å². The van der Waals surface area contributed by atoms with Gasteiger partial charge in [0, 0.05) is 0 Å². The minimum atomic E-state index is -0.865. The van der Waals surface area contributed by atoms with Crippen molar-refractivity contribution in [1.82, 2.24) is 0 Å². The smallest absolute Gasteiger partial charge is 0.321 e. The first kappa shape index (κ1) is 13.5. The molecule has 0 radical (unpaired) electrons. The molecule has 0 fully saturated rings. The van der Waals surface area contributed by atoms with Gasteiger partial charge in [-0.1, -0.05) is 82.7 Å². The zero-order chi connectivity index (χ0) is 12.5. The molecule has 0 aliphatic carbocycles. The van der Waals surface area contributed by atoms with Gasteiger partial charge in [0.05, 0.1) is 0 Å². The summed E-state index contributed by atoms with van der Waals surface area (Å²) in [4.78, 5) is 9.86. The summed E-state index contributed by atoms with van der Waals surface area (Å²) in [6.45, 7) is 0. The molecule has 0 saturated heterocycles. The van der Waals surface area contributed by atoms with Gasteiger partial charge in [-0.05, 0) is 5.56 Å². The highest BCUT2D eigenvalue weighted by Crippen LogP contribution is 2.21. The summed E-state index contributed by atoms with van der Waals surface area (Å²) < 4.78 is 0. The van der Waals surface area contributed by atoms with Crippen LogP contribution >= 0.6 is 15.9 Å². The second-order valence-electron chi connectivity index (χ2n) is 3.27. The van der Waals surface area contributed by atoms with Crippen LogP contribution in [0.1, 0.15) is 10.4 Å². The van der Waals surface area contributed by atoms with Crippen molar-refractivity contribution in [2.75, 3.05) is 0 Å². The van der Waals surface area contributed by atoms with Crippen molar-refractivity contribution in [3.05, 3.63) is 72.3 Å². The van der Waals surface area contributed by atoms with Crippen LogP contribution in [0, 0.1) is 0 Å². The molecule has 1 atom stereocenters. The Morgan fingerprint density at radius 2 is 1.24 bits per heavy atom. The van der Waals surface area contributed by atoms with E-state index in [1.54, 1.807) is 12.1 Å². The van der Waals surface area contributed by atoms with Crippen molar-refractivity contribution in [3.63, 3.8) is 0 Å². The predicted molar refractivity (Wildman–Crippen MR) is 72.2 cm³/mol. The first-order valence-electron chi connectivity index (χ1n) is 5.13. The molecule has 2 aromatic rings. The lowest BCUT2D eigenvalue weighted by molar-refractivity contribution is -0.136. The van der Waals surface area contributed by atoms with Crippen LogP contribution in [-0.2, 0) is 4.79 Å². The Morgan fingerprint density at radius 1 is 0.882 bits per heavy atom. The number of aliphatic carboxylic acids is 1. The molecule has 88 valence electrons. The highest BCUT2D eigenvalue weighted by molar-refractivity contribution is 9.09. The zero-order valence-electron chi connectivity index (χ0n) is 9.16. The molecule has 2 nitrogen and oxygen atoms in total. The van der Waals surface area contributed by atoms with Gasteiger partial charge in [-0.25, -0.2) is 0 Å². The first-order valence-corrected chi connectivity index (χ1v) is 6.05. The van der Waals surface area contributed by atoms with Crippen molar-refractivity contribution >= 4 is 21.9 Å². The summed E-state index contributed by atoms with van der Waals surface area (Å²) in [6, 6.07) is 21.0. The van der Waals surface area contributed by atoms with Crippen LogP contribution in [0.3, 0.4) is 0 Å². The van der Waals surface area contributed by atoms with Gasteiger partial charge in [-0.2, -0.15) is 0 Å². The van der Waals surface area contributed by atoms with Crippen LogP contribution in [0.25, 0.3) is 0 Å². The topological polar surface area (TPSA) is 37.3 Å². The van der Waals surface area contributed by atoms with E-state index in [4.69, 9.17) is 5.11 Å². The Kier molecular flexibility index (Phi) is 6.04. The van der Waals surface area contributed by atoms with Crippen LogP contribution < -0.4 is 0 Å². The number of rotatable bonds is 2. The lowest BCUT2D eigenvalue weighted by Crippen LogP contribution is -2.03. The average Bonchev–Trinajstić information content (AvgIpc) is 2.41. The van der Waals surface area contributed by atoms with Crippen LogP contribution in [0.5, 0.6) is 0 Å². The lowest BCUT2D eigenvalue weighted by atomic mass is 10.2. The van der Waals surface area contributed by atoms with E-state index in [0.29, 0.717) is 0 Å². The molecule has 3 heteroatoms. The monoisotopic (exact) mass is 292 g/mol. The third-order valence-corrected chi connectivity index (χ3v) is 2.90. The van der Waals surface area contributed by atoms with Crippen molar-refractivity contribution in [2.45, 2.75) is 4.83 Å². The maximum atomic E-state index is 10.5. The maximum Gasteiger partial charge on any atom is 0.321 e. The number of benzene rings is 2. The highest BCUT2D eigenvalue weighted by Gasteiger charge is 2.13. The molecular weight excluding hydrogens is 280 g/mol. The average molecular weight is 293 g/mol. The van der Waals surface area contributed by atoms with Crippen molar-refractivity contribution in [2.24, 2.45) is 0 Å². The van der Waals surface area contributed by atoms with Gasteiger partial charge < -0.3 is 5.11 Å². The van der Waals surface area contributed by atoms with Crippen LogP contribution in [-0.4, -0.2) is 11.1 Å². The van der Waals surface area contributed by atoms with Gasteiger partial charge in [-0.15, -0.1) is 0 Å². The molecule has 0 amide bonds. The van der Waals surface area contributed by atoms with Gasteiger partial charge in [0.25, 0.3) is 0 Å². The number of hydrogen-bond acceptors (Lipinski definition) is 1. The molecule has 0 saturated carbocycles. The summed E-state index contributed by atoms with van der Waals surface area (Å²) in [6.07, 6.45) is 0. The van der Waals surface area contributed by atoms with Crippen molar-refractivity contribution < 1.29 is 9.90 Å². The van der Waals surface area contributed by atoms with Gasteiger partial charge in [0.15, 0.2) is 0 Å². The van der Waals surface area contributed by atoms with Gasteiger partial charge >= 0.3 is 5.97 Å². The number of hydrogen-bond donors (Lipinski definition) is 1. The van der Waals surface area contributed by atoms with Crippen molar-refractivity contribution in [1.29, 1.82) is 0 Å². The number of halogens is 1. The number of carboxylic acids is 1. The molecule has 0 spiro atoms. The third kappa shape index (κ3) is 5.31. The van der Waals surface area contributed by atoms with Crippen LogP contribution in [0.2, 0.25) is 0 Å². The van der Waals surface area contributed by atoms with Gasteiger partial charge in [0.1, 0.15) is 4.83 Å². The maximum absolute atomic E-state index is 10.5. The normalized spacial score (nSPS) is 10.9. The molecule has 0 bridgehead atoms. The molecule has 0 aliphatic heterocycles. The van der Waals surface area contributed by atoms with E-state index in [1.165, 1.54) is 0 Å². The molecule has 0 aromatic heterocycles. The van der Waals surface area contributed by atoms with Gasteiger partial charge in [0.2, 0.25) is 0 Å². The van der Waals surface area contributed by atoms with E-state index in [9.17, 15) is 4.79 Å². The second kappa shape index (κ2) is 7.63. The number of carboxylic acid groups (broad SMARTS) is 1. The fraction of sp³-hybridized carbons (Fsp3) is 0.0714. The minimum Gasteiger partial charge on any atom is -0.480 e. The molecule has 1 N–H and O–H groups in total. The van der Waals surface area contributed by atoms with E-state index < -0.39 is 10.8 Å². The molecule has 2 aromatic carbocycles. The molecule has 17 heavy (non-hydrogen) atoms. The quantitative estimate of drug-likeness (QED) is 0.853. The van der Waals surface area contributed by atoms with E-state index in [2.05, 4.69) is 15.9 Å². The summed E-state index contributed by atoms with van der Waals surface area (Å²) in [5.74, 6) is -0.865. The largest absolute Gasteiger partial charge is 0.480 e. The summed E-state index contributed by atoms with van der Waals surface area (Å²) in [5.41, 5.74) is 0.764. The highest BCUT2D eigenvalue weighted by atomic mass is 79.9. The lowest BCUT2D eigenvalue weighted by Gasteiger charge is -2.02. The molecule has 1 unspecified atom stereocenters. The fourth-order valence-corrected chi connectivity index (χ4v) is 1.45. The van der Waals surface area contributed by atoms with Gasteiger partial charge in [-0.3, -0.25) is 4.79 Å². The zero-order valence-corrected chi connectivity index (χ0v) is 10.7. The Labute approximate surface area is 109 Å². The SMILES string of the molecule is O=C(O)C(Br)c1ccccc1.c1ccccc1.